The van der Waals surface area contributed by atoms with E-state index in [-0.39, 0.29) is 18.6 Å². The van der Waals surface area contributed by atoms with Crippen LogP contribution in [0.1, 0.15) is 37.7 Å². The van der Waals surface area contributed by atoms with E-state index in [0.29, 0.717) is 24.3 Å². The van der Waals surface area contributed by atoms with E-state index in [1.807, 2.05) is 11.0 Å². The summed E-state index contributed by atoms with van der Waals surface area (Å²) >= 11 is 0. The van der Waals surface area contributed by atoms with Gasteiger partial charge in [0.1, 0.15) is 5.82 Å². The van der Waals surface area contributed by atoms with Gasteiger partial charge in [0, 0.05) is 25.7 Å². The fraction of sp³-hybridized carbons (Fsp3) is 0.556. The van der Waals surface area contributed by atoms with E-state index in [0.717, 1.165) is 32.1 Å². The summed E-state index contributed by atoms with van der Waals surface area (Å²) < 4.78 is 14.2. The molecule has 134 valence electrons. The zero-order valence-electron chi connectivity index (χ0n) is 14.1. The number of rotatable bonds is 4. The average molecular weight is 346 g/mol. The van der Waals surface area contributed by atoms with Crippen molar-refractivity contribution in [2.24, 2.45) is 0 Å². The molecule has 1 saturated carbocycles. The lowest BCUT2D eigenvalue weighted by Gasteiger charge is -2.37. The van der Waals surface area contributed by atoms with Crippen LogP contribution in [0.3, 0.4) is 0 Å². The number of hydrogen-bond acceptors (Lipinski definition) is 4. The Bertz CT molecular complexity index is 684. The van der Waals surface area contributed by atoms with E-state index in [4.69, 9.17) is 5.26 Å². The Hall–Kier alpha value is -2.33. The summed E-state index contributed by atoms with van der Waals surface area (Å²) in [6.07, 6.45) is 4.11. The van der Waals surface area contributed by atoms with Crippen LogP contribution in [-0.4, -0.2) is 42.4 Å². The fourth-order valence-electron chi connectivity index (χ4n) is 3.39. The molecule has 2 fully saturated rings. The third-order valence-corrected chi connectivity index (χ3v) is 5.04. The molecule has 0 spiro atoms. The third-order valence-electron chi connectivity index (χ3n) is 5.04. The van der Waals surface area contributed by atoms with Gasteiger partial charge in [-0.2, -0.15) is 5.26 Å². The maximum atomic E-state index is 14.2. The Morgan fingerprint density at radius 3 is 2.88 bits per heavy atom. The number of aliphatic hydroxyl groups is 1. The second kappa shape index (κ2) is 7.28. The molecule has 0 radical (unpaired) electrons. The number of anilines is 1. The molecule has 1 aromatic carbocycles. The fourth-order valence-corrected chi connectivity index (χ4v) is 3.39. The number of carbonyl (C=O) groups excluding carboxylic acids is 1. The maximum absolute atomic E-state index is 14.2. The first-order chi connectivity index (χ1) is 12.0. The van der Waals surface area contributed by atoms with Crippen LogP contribution in [0, 0.1) is 17.1 Å². The van der Waals surface area contributed by atoms with Gasteiger partial charge in [-0.25, -0.2) is 9.18 Å². The van der Waals surface area contributed by atoms with Crippen LogP contribution in [0.5, 0.6) is 0 Å². The Morgan fingerprint density at radius 1 is 1.44 bits per heavy atom. The average Bonchev–Trinajstić information content (AvgIpc) is 2.58. The zero-order valence-corrected chi connectivity index (χ0v) is 14.1. The van der Waals surface area contributed by atoms with E-state index < -0.39 is 11.4 Å². The highest BCUT2D eigenvalue weighted by Gasteiger charge is 2.34. The lowest BCUT2D eigenvalue weighted by molar-refractivity contribution is -0.0290. The van der Waals surface area contributed by atoms with Gasteiger partial charge in [0.2, 0.25) is 0 Å². The minimum atomic E-state index is -0.748. The first kappa shape index (κ1) is 17.5. The Morgan fingerprint density at radius 2 is 2.24 bits per heavy atom. The van der Waals surface area contributed by atoms with Crippen molar-refractivity contribution in [3.05, 3.63) is 29.6 Å². The minimum Gasteiger partial charge on any atom is -0.388 e. The number of hydrogen-bond donors (Lipinski definition) is 3. The van der Waals surface area contributed by atoms with E-state index in [2.05, 4.69) is 10.6 Å². The Balaban J connectivity index is 1.54. The van der Waals surface area contributed by atoms with Crippen molar-refractivity contribution in [1.82, 2.24) is 10.6 Å². The van der Waals surface area contributed by atoms with Gasteiger partial charge in [-0.15, -0.1) is 0 Å². The molecule has 25 heavy (non-hydrogen) atoms. The molecule has 1 saturated heterocycles. The number of nitriles is 1. The van der Waals surface area contributed by atoms with Gasteiger partial charge in [0.25, 0.3) is 0 Å². The van der Waals surface area contributed by atoms with Crippen LogP contribution in [0.2, 0.25) is 0 Å². The molecule has 3 rings (SSSR count). The monoisotopic (exact) mass is 346 g/mol. The van der Waals surface area contributed by atoms with Crippen molar-refractivity contribution in [2.75, 3.05) is 24.5 Å². The number of carbonyl (C=O) groups is 1. The van der Waals surface area contributed by atoms with Gasteiger partial charge in [0.15, 0.2) is 0 Å². The highest BCUT2D eigenvalue weighted by molar-refractivity contribution is 5.74. The molecule has 2 aliphatic rings. The number of nitrogens with one attached hydrogen (secondary N) is 2. The number of amides is 2. The summed E-state index contributed by atoms with van der Waals surface area (Å²) in [6, 6.07) is 5.99. The third kappa shape index (κ3) is 4.20. The number of halogens is 1. The normalized spacial score (nSPS) is 21.8. The van der Waals surface area contributed by atoms with Crippen LogP contribution < -0.4 is 15.5 Å². The number of benzene rings is 1. The highest BCUT2D eigenvalue weighted by atomic mass is 19.1. The first-order valence-electron chi connectivity index (χ1n) is 8.70. The van der Waals surface area contributed by atoms with Gasteiger partial charge in [-0.1, -0.05) is 0 Å². The van der Waals surface area contributed by atoms with Gasteiger partial charge in [-0.05, 0) is 50.3 Å². The number of piperidine rings is 1. The summed E-state index contributed by atoms with van der Waals surface area (Å²) in [6.45, 7) is 1.49. The van der Waals surface area contributed by atoms with E-state index in [1.165, 1.54) is 6.07 Å². The van der Waals surface area contributed by atoms with Crippen molar-refractivity contribution in [1.29, 1.82) is 5.26 Å². The van der Waals surface area contributed by atoms with Crippen LogP contribution in [0.25, 0.3) is 0 Å². The lowest BCUT2D eigenvalue weighted by Crippen LogP contribution is -2.54. The maximum Gasteiger partial charge on any atom is 0.315 e. The summed E-state index contributed by atoms with van der Waals surface area (Å²) in [7, 11) is 0. The molecule has 2 amide bonds. The summed E-state index contributed by atoms with van der Waals surface area (Å²) in [5.41, 5.74) is -0.00223. The van der Waals surface area contributed by atoms with Gasteiger partial charge < -0.3 is 20.6 Å². The summed E-state index contributed by atoms with van der Waals surface area (Å²) in [5.74, 6) is -0.420. The molecule has 0 bridgehead atoms. The standard InChI is InChI=1S/C18H23FN4O2/c19-15-9-13(10-20)4-5-16(15)23-8-1-3-14(11-23)22-17(24)21-12-18(25)6-2-7-18/h4-5,9,14,25H,1-3,6-8,11-12H2,(H2,21,22,24). The predicted molar refractivity (Wildman–Crippen MR) is 91.7 cm³/mol. The largest absolute Gasteiger partial charge is 0.388 e. The minimum absolute atomic E-state index is 0.0835. The van der Waals surface area contributed by atoms with E-state index in [1.54, 1.807) is 12.1 Å². The molecule has 1 aliphatic heterocycles. The van der Waals surface area contributed by atoms with Crippen LogP contribution in [0.4, 0.5) is 14.9 Å². The van der Waals surface area contributed by atoms with Gasteiger partial charge in [0.05, 0.1) is 22.9 Å². The second-order valence-corrected chi connectivity index (χ2v) is 6.97. The van der Waals surface area contributed by atoms with E-state index in [9.17, 15) is 14.3 Å². The summed E-state index contributed by atoms with van der Waals surface area (Å²) in [4.78, 5) is 13.9. The van der Waals surface area contributed by atoms with Crippen molar-refractivity contribution in [3.63, 3.8) is 0 Å². The van der Waals surface area contributed by atoms with Crippen molar-refractivity contribution in [3.8, 4) is 6.07 Å². The van der Waals surface area contributed by atoms with Crippen molar-refractivity contribution in [2.45, 2.75) is 43.7 Å². The first-order valence-corrected chi connectivity index (χ1v) is 8.70. The molecule has 1 unspecified atom stereocenters. The molecular formula is C18H23FN4O2. The quantitative estimate of drug-likeness (QED) is 0.777. The van der Waals surface area contributed by atoms with Gasteiger partial charge >= 0.3 is 6.03 Å². The van der Waals surface area contributed by atoms with Crippen LogP contribution in [-0.2, 0) is 0 Å². The van der Waals surface area contributed by atoms with Crippen molar-refractivity contribution < 1.29 is 14.3 Å². The molecular weight excluding hydrogens is 323 g/mol. The molecule has 7 heteroatoms. The molecule has 6 nitrogen and oxygen atoms in total. The molecule has 0 aromatic heterocycles. The molecule has 1 aliphatic carbocycles. The molecule has 1 atom stereocenters. The van der Waals surface area contributed by atoms with E-state index >= 15 is 0 Å². The van der Waals surface area contributed by atoms with Crippen LogP contribution >= 0.6 is 0 Å². The SMILES string of the molecule is N#Cc1ccc(N2CCCC(NC(=O)NCC3(O)CCC3)C2)c(F)c1. The predicted octanol–water partition coefficient (Wildman–Crippen LogP) is 1.88. The number of nitrogens with zero attached hydrogens (tertiary/aromatic N) is 2. The lowest BCUT2D eigenvalue weighted by atomic mass is 9.80. The topological polar surface area (TPSA) is 88.4 Å². The Kier molecular flexibility index (Phi) is 5.09. The highest BCUT2D eigenvalue weighted by Crippen LogP contribution is 2.30. The number of urea groups is 1. The van der Waals surface area contributed by atoms with Crippen molar-refractivity contribution >= 4 is 11.7 Å². The van der Waals surface area contributed by atoms with Crippen LogP contribution in [0.15, 0.2) is 18.2 Å². The smallest absolute Gasteiger partial charge is 0.315 e. The zero-order chi connectivity index (χ0) is 17.9. The second-order valence-electron chi connectivity index (χ2n) is 6.97. The Labute approximate surface area is 146 Å². The molecule has 3 N–H and O–H groups in total. The summed E-state index contributed by atoms with van der Waals surface area (Å²) in [5, 5.41) is 24.5. The van der Waals surface area contributed by atoms with Gasteiger partial charge in [-0.3, -0.25) is 0 Å². The molecule has 1 aromatic rings. The molecule has 1 heterocycles.